The van der Waals surface area contributed by atoms with E-state index in [2.05, 4.69) is 20.3 Å². The summed E-state index contributed by atoms with van der Waals surface area (Å²) in [5.41, 5.74) is 0.964. The third-order valence-corrected chi connectivity index (χ3v) is 5.15. The molecule has 0 saturated carbocycles. The van der Waals surface area contributed by atoms with Crippen molar-refractivity contribution in [2.45, 2.75) is 30.7 Å². The minimum Gasteiger partial charge on any atom is -0.480 e. The van der Waals surface area contributed by atoms with Crippen LogP contribution in [0.15, 0.2) is 28.6 Å². The van der Waals surface area contributed by atoms with Crippen molar-refractivity contribution in [2.75, 3.05) is 18.2 Å². The third kappa shape index (κ3) is 5.71. The Balaban J connectivity index is 1.94. The Morgan fingerprint density at radius 3 is 2.76 bits per heavy atom. The average Bonchev–Trinajstić information content (AvgIpc) is 3.06. The van der Waals surface area contributed by atoms with Gasteiger partial charge in [0.25, 0.3) is 5.91 Å². The molecule has 134 valence electrons. The molecule has 0 radical (unpaired) electrons. The van der Waals surface area contributed by atoms with Crippen molar-refractivity contribution >= 4 is 40.1 Å². The number of amides is 1. The van der Waals surface area contributed by atoms with Gasteiger partial charge in [-0.15, -0.1) is 10.2 Å². The summed E-state index contributed by atoms with van der Waals surface area (Å²) < 4.78 is 11.0. The number of anilines is 1. The molecule has 0 aliphatic rings. The molecule has 1 N–H and O–H groups in total. The molecule has 1 heterocycles. The Morgan fingerprint density at radius 2 is 2.08 bits per heavy atom. The third-order valence-electron chi connectivity index (χ3n) is 3.20. The Bertz CT molecular complexity index is 736. The molecular weight excluding hydrogens is 362 g/mol. The lowest BCUT2D eigenvalue weighted by atomic mass is 10.2. The molecule has 9 heteroatoms. The summed E-state index contributed by atoms with van der Waals surface area (Å²) in [6, 6.07) is 7.54. The molecule has 2 rings (SSSR count). The standard InChI is InChI=1S/C16H19N3O4S2/c1-4-11(23-12-8-6-5-7-10(12)2)14(21)17-15-18-19-16(25-15)24-9-13(20)22-3/h5-8,11H,4,9H2,1-3H3,(H,17,18,21)/t11-/m0/s1. The summed E-state index contributed by atoms with van der Waals surface area (Å²) in [5.74, 6) is 0.193. The molecule has 0 saturated heterocycles. The number of esters is 1. The fraction of sp³-hybridized carbons (Fsp3) is 0.375. The summed E-state index contributed by atoms with van der Waals surface area (Å²) in [6.45, 7) is 3.80. The first-order valence-electron chi connectivity index (χ1n) is 7.59. The molecule has 0 aliphatic heterocycles. The number of nitrogens with zero attached hydrogens (tertiary/aromatic N) is 2. The van der Waals surface area contributed by atoms with Crippen LogP contribution >= 0.6 is 23.1 Å². The Labute approximate surface area is 154 Å². The number of aryl methyl sites for hydroxylation is 1. The van der Waals surface area contributed by atoms with E-state index in [9.17, 15) is 9.59 Å². The molecule has 1 aromatic heterocycles. The number of carbonyl (C=O) groups excluding carboxylic acids is 2. The second-order valence-corrected chi connectivity index (χ2v) is 7.21. The number of ether oxygens (including phenoxy) is 2. The van der Waals surface area contributed by atoms with Crippen molar-refractivity contribution in [3.8, 4) is 5.75 Å². The Kier molecular flexibility index (Phi) is 7.20. The molecule has 1 aromatic carbocycles. The zero-order valence-electron chi connectivity index (χ0n) is 14.1. The maximum Gasteiger partial charge on any atom is 0.316 e. The van der Waals surface area contributed by atoms with Crippen molar-refractivity contribution in [2.24, 2.45) is 0 Å². The van der Waals surface area contributed by atoms with Gasteiger partial charge in [0.2, 0.25) is 5.13 Å². The zero-order valence-corrected chi connectivity index (χ0v) is 15.8. The summed E-state index contributed by atoms with van der Waals surface area (Å²) in [7, 11) is 1.33. The number of hydrogen-bond acceptors (Lipinski definition) is 8. The number of hydrogen-bond donors (Lipinski definition) is 1. The van der Waals surface area contributed by atoms with Crippen molar-refractivity contribution in [1.82, 2.24) is 10.2 Å². The summed E-state index contributed by atoms with van der Waals surface area (Å²) in [6.07, 6.45) is -0.112. The number of benzene rings is 1. The number of nitrogens with one attached hydrogen (secondary N) is 1. The highest BCUT2D eigenvalue weighted by molar-refractivity contribution is 8.01. The van der Waals surface area contributed by atoms with E-state index in [4.69, 9.17) is 4.74 Å². The molecule has 25 heavy (non-hydrogen) atoms. The molecule has 2 aromatic rings. The number of para-hydroxylation sites is 1. The molecule has 0 aliphatic carbocycles. The topological polar surface area (TPSA) is 90.4 Å². The Morgan fingerprint density at radius 1 is 1.32 bits per heavy atom. The van der Waals surface area contributed by atoms with E-state index in [0.717, 1.165) is 5.56 Å². The quantitative estimate of drug-likeness (QED) is 0.427. The van der Waals surface area contributed by atoms with Crippen molar-refractivity contribution < 1.29 is 19.1 Å². The van der Waals surface area contributed by atoms with Gasteiger partial charge in [-0.1, -0.05) is 48.2 Å². The number of rotatable bonds is 8. The van der Waals surface area contributed by atoms with Gasteiger partial charge in [-0.3, -0.25) is 14.9 Å². The van der Waals surface area contributed by atoms with Crippen LogP contribution in [-0.4, -0.2) is 41.0 Å². The summed E-state index contributed by atoms with van der Waals surface area (Å²) >= 11 is 2.40. The molecule has 1 amide bonds. The van der Waals surface area contributed by atoms with Crippen molar-refractivity contribution in [1.29, 1.82) is 0 Å². The van der Waals surface area contributed by atoms with Crippen LogP contribution in [0.25, 0.3) is 0 Å². The fourth-order valence-electron chi connectivity index (χ4n) is 1.85. The zero-order chi connectivity index (χ0) is 18.2. The second kappa shape index (κ2) is 9.38. The van der Waals surface area contributed by atoms with E-state index >= 15 is 0 Å². The SMILES string of the molecule is CC[C@H](Oc1ccccc1C)C(=O)Nc1nnc(SCC(=O)OC)s1. The van der Waals surface area contributed by atoms with Gasteiger partial charge in [-0.05, 0) is 25.0 Å². The van der Waals surface area contributed by atoms with Crippen LogP contribution < -0.4 is 10.1 Å². The average molecular weight is 381 g/mol. The first-order valence-corrected chi connectivity index (χ1v) is 9.40. The van der Waals surface area contributed by atoms with E-state index < -0.39 is 6.10 Å². The van der Waals surface area contributed by atoms with Gasteiger partial charge in [0, 0.05) is 0 Å². The first-order chi connectivity index (χ1) is 12.0. The molecule has 0 fully saturated rings. The Hall–Kier alpha value is -2.13. The summed E-state index contributed by atoms with van der Waals surface area (Å²) in [4.78, 5) is 23.5. The molecule has 0 unspecified atom stereocenters. The van der Waals surface area contributed by atoms with E-state index in [1.54, 1.807) is 0 Å². The molecule has 0 spiro atoms. The largest absolute Gasteiger partial charge is 0.480 e. The van der Waals surface area contributed by atoms with Gasteiger partial charge in [0.1, 0.15) is 5.75 Å². The second-order valence-electron chi connectivity index (χ2n) is 5.01. The van der Waals surface area contributed by atoms with Crippen LogP contribution in [0.5, 0.6) is 5.75 Å². The highest BCUT2D eigenvalue weighted by atomic mass is 32.2. The molecule has 0 bridgehead atoms. The number of methoxy groups -OCH3 is 1. The van der Waals surface area contributed by atoms with Crippen LogP contribution in [-0.2, 0) is 14.3 Å². The smallest absolute Gasteiger partial charge is 0.316 e. The minimum absolute atomic E-state index is 0.146. The van der Waals surface area contributed by atoms with Gasteiger partial charge < -0.3 is 9.47 Å². The lowest BCUT2D eigenvalue weighted by Gasteiger charge is -2.17. The van der Waals surface area contributed by atoms with E-state index in [1.165, 1.54) is 30.2 Å². The van der Waals surface area contributed by atoms with Crippen LogP contribution in [0.4, 0.5) is 5.13 Å². The monoisotopic (exact) mass is 381 g/mol. The van der Waals surface area contributed by atoms with E-state index in [0.29, 0.717) is 21.6 Å². The van der Waals surface area contributed by atoms with Crippen molar-refractivity contribution in [3.05, 3.63) is 29.8 Å². The summed E-state index contributed by atoms with van der Waals surface area (Å²) in [5, 5.41) is 10.9. The van der Waals surface area contributed by atoms with Gasteiger partial charge >= 0.3 is 5.97 Å². The van der Waals surface area contributed by atoms with E-state index in [1.807, 2.05) is 38.1 Å². The fourth-order valence-corrected chi connectivity index (χ4v) is 3.44. The van der Waals surface area contributed by atoms with Crippen molar-refractivity contribution in [3.63, 3.8) is 0 Å². The molecule has 1 atom stereocenters. The lowest BCUT2D eigenvalue weighted by Crippen LogP contribution is -2.32. The number of aromatic nitrogens is 2. The van der Waals surface area contributed by atoms with Crippen LogP contribution in [0.3, 0.4) is 0 Å². The number of carbonyl (C=O) groups is 2. The van der Waals surface area contributed by atoms with Gasteiger partial charge in [-0.25, -0.2) is 0 Å². The molecule has 7 nitrogen and oxygen atoms in total. The van der Waals surface area contributed by atoms with Crippen LogP contribution in [0.2, 0.25) is 0 Å². The highest BCUT2D eigenvalue weighted by Gasteiger charge is 2.21. The van der Waals surface area contributed by atoms with Crippen LogP contribution in [0.1, 0.15) is 18.9 Å². The predicted molar refractivity (Wildman–Crippen MR) is 97.2 cm³/mol. The first kappa shape index (κ1) is 19.2. The van der Waals surface area contributed by atoms with Crippen LogP contribution in [0, 0.1) is 6.92 Å². The maximum atomic E-state index is 12.4. The van der Waals surface area contributed by atoms with Gasteiger partial charge in [-0.2, -0.15) is 0 Å². The lowest BCUT2D eigenvalue weighted by molar-refractivity contribution is -0.137. The van der Waals surface area contributed by atoms with E-state index in [-0.39, 0.29) is 17.6 Å². The minimum atomic E-state index is -0.629. The molecular formula is C16H19N3O4S2. The van der Waals surface area contributed by atoms with Gasteiger partial charge in [0.15, 0.2) is 10.4 Å². The van der Waals surface area contributed by atoms with Gasteiger partial charge in [0.05, 0.1) is 12.9 Å². The normalized spacial score (nSPS) is 11.6. The maximum absolute atomic E-state index is 12.4. The number of thioether (sulfide) groups is 1. The highest BCUT2D eigenvalue weighted by Crippen LogP contribution is 2.26. The predicted octanol–water partition coefficient (Wildman–Crippen LogP) is 2.91.